The number of fused-ring (bicyclic) bond motifs is 1. The maximum atomic E-state index is 13.1. The van der Waals surface area contributed by atoms with Gasteiger partial charge in [-0.15, -0.1) is 0 Å². The molecule has 0 fully saturated rings. The quantitative estimate of drug-likeness (QED) is 0.646. The van der Waals surface area contributed by atoms with Crippen LogP contribution in [-0.2, 0) is 11.2 Å². The lowest BCUT2D eigenvalue weighted by Gasteiger charge is -2.06. The van der Waals surface area contributed by atoms with Gasteiger partial charge in [0, 0.05) is 10.9 Å². The zero-order chi connectivity index (χ0) is 17.1. The molecular formula is C17H13F2N3O2. The molecule has 0 aliphatic heterocycles. The Kier molecular flexibility index (Phi) is 4.24. The number of aromatic amines is 1. The van der Waals surface area contributed by atoms with Crippen molar-refractivity contribution >= 4 is 22.7 Å². The minimum Gasteiger partial charge on any atom is -0.350 e. The normalized spacial score (nSPS) is 10.6. The minimum atomic E-state index is -0.556. The molecule has 3 aromatic rings. The van der Waals surface area contributed by atoms with Gasteiger partial charge in [-0.1, -0.05) is 12.1 Å². The summed E-state index contributed by atoms with van der Waals surface area (Å²) < 4.78 is 25.9. The Hall–Kier alpha value is -3.22. The molecule has 5 nitrogen and oxygen atoms in total. The number of rotatable bonds is 3. The van der Waals surface area contributed by atoms with Crippen LogP contribution in [0.15, 0.2) is 48.5 Å². The standard InChI is InChI=1S/C17H13F2N3O2/c18-12-3-1-10(2-4-12)7-16(23)21-22-17(24)15-9-11-8-13(19)5-6-14(11)20-15/h1-6,8-9,20H,7H2,(H,21,23)(H,22,24). The fourth-order valence-electron chi connectivity index (χ4n) is 2.25. The lowest BCUT2D eigenvalue weighted by atomic mass is 10.1. The molecule has 7 heteroatoms. The van der Waals surface area contributed by atoms with Gasteiger partial charge in [0.25, 0.3) is 5.91 Å². The molecule has 1 aromatic heterocycles. The van der Waals surface area contributed by atoms with E-state index >= 15 is 0 Å². The van der Waals surface area contributed by atoms with Crippen molar-refractivity contribution < 1.29 is 18.4 Å². The second-order valence-electron chi connectivity index (χ2n) is 5.22. The number of H-pyrrole nitrogens is 1. The number of hydrogen-bond donors (Lipinski definition) is 3. The molecule has 0 aliphatic rings. The van der Waals surface area contributed by atoms with Crippen LogP contribution >= 0.6 is 0 Å². The fourth-order valence-corrected chi connectivity index (χ4v) is 2.25. The number of carbonyl (C=O) groups is 2. The first-order valence-electron chi connectivity index (χ1n) is 7.13. The molecule has 0 aliphatic carbocycles. The molecule has 0 saturated heterocycles. The van der Waals surface area contributed by atoms with E-state index in [0.717, 1.165) is 0 Å². The van der Waals surface area contributed by atoms with Gasteiger partial charge in [-0.2, -0.15) is 0 Å². The first-order chi connectivity index (χ1) is 11.5. The van der Waals surface area contributed by atoms with Crippen molar-refractivity contribution in [3.63, 3.8) is 0 Å². The Bertz CT molecular complexity index is 904. The molecule has 0 spiro atoms. The van der Waals surface area contributed by atoms with Gasteiger partial charge in [0.05, 0.1) is 6.42 Å². The number of nitrogens with one attached hydrogen (secondary N) is 3. The average molecular weight is 329 g/mol. The van der Waals surface area contributed by atoms with Gasteiger partial charge in [-0.3, -0.25) is 20.4 Å². The molecule has 122 valence electrons. The van der Waals surface area contributed by atoms with Gasteiger partial charge >= 0.3 is 0 Å². The molecule has 0 saturated carbocycles. The Balaban J connectivity index is 1.59. The third kappa shape index (κ3) is 3.57. The largest absolute Gasteiger partial charge is 0.350 e. The van der Waals surface area contributed by atoms with Crippen LogP contribution in [0.25, 0.3) is 10.9 Å². The molecule has 1 heterocycles. The third-order valence-corrected chi connectivity index (χ3v) is 3.42. The Labute approximate surface area is 135 Å². The molecule has 0 atom stereocenters. The topological polar surface area (TPSA) is 74.0 Å². The smallest absolute Gasteiger partial charge is 0.286 e. The van der Waals surface area contributed by atoms with E-state index in [9.17, 15) is 18.4 Å². The van der Waals surface area contributed by atoms with Crippen LogP contribution in [0.2, 0.25) is 0 Å². The minimum absolute atomic E-state index is 0.00151. The Morgan fingerprint density at radius 1 is 0.917 bits per heavy atom. The maximum absolute atomic E-state index is 13.1. The summed E-state index contributed by atoms with van der Waals surface area (Å²) in [6, 6.07) is 11.1. The molecule has 3 rings (SSSR count). The number of aromatic nitrogens is 1. The predicted molar refractivity (Wildman–Crippen MR) is 84.0 cm³/mol. The number of benzene rings is 2. The van der Waals surface area contributed by atoms with E-state index in [1.54, 1.807) is 0 Å². The summed E-state index contributed by atoms with van der Waals surface area (Å²) in [5.74, 6) is -1.79. The summed E-state index contributed by atoms with van der Waals surface area (Å²) in [6.45, 7) is 0. The highest BCUT2D eigenvalue weighted by Crippen LogP contribution is 2.16. The summed E-state index contributed by atoms with van der Waals surface area (Å²) in [6.07, 6.45) is -0.00151. The molecule has 0 bridgehead atoms. The van der Waals surface area contributed by atoms with Crippen molar-refractivity contribution in [3.8, 4) is 0 Å². The lowest BCUT2D eigenvalue weighted by Crippen LogP contribution is -2.42. The highest BCUT2D eigenvalue weighted by molar-refractivity contribution is 5.98. The second kappa shape index (κ2) is 6.49. The summed E-state index contributed by atoms with van der Waals surface area (Å²) in [5, 5.41) is 0.554. The van der Waals surface area contributed by atoms with E-state index in [1.165, 1.54) is 48.5 Å². The van der Waals surface area contributed by atoms with Gasteiger partial charge in [-0.05, 0) is 42.0 Å². The van der Waals surface area contributed by atoms with E-state index in [1.807, 2.05) is 0 Å². The van der Waals surface area contributed by atoms with Crippen molar-refractivity contribution in [2.24, 2.45) is 0 Å². The van der Waals surface area contributed by atoms with Crippen LogP contribution in [0.4, 0.5) is 8.78 Å². The van der Waals surface area contributed by atoms with E-state index < -0.39 is 17.6 Å². The van der Waals surface area contributed by atoms with E-state index in [2.05, 4.69) is 15.8 Å². The zero-order valence-electron chi connectivity index (χ0n) is 12.4. The monoisotopic (exact) mass is 329 g/mol. The van der Waals surface area contributed by atoms with Crippen molar-refractivity contribution in [2.75, 3.05) is 0 Å². The summed E-state index contributed by atoms with van der Waals surface area (Å²) >= 11 is 0. The third-order valence-electron chi connectivity index (χ3n) is 3.42. The highest BCUT2D eigenvalue weighted by atomic mass is 19.1. The summed E-state index contributed by atoms with van der Waals surface area (Å²) in [4.78, 5) is 26.6. The summed E-state index contributed by atoms with van der Waals surface area (Å²) in [7, 11) is 0. The van der Waals surface area contributed by atoms with E-state index in [0.29, 0.717) is 16.5 Å². The zero-order valence-corrected chi connectivity index (χ0v) is 12.4. The first kappa shape index (κ1) is 15.7. The van der Waals surface area contributed by atoms with Gasteiger partial charge in [0.1, 0.15) is 17.3 Å². The number of hydrogen-bond acceptors (Lipinski definition) is 2. The number of halogens is 2. The van der Waals surface area contributed by atoms with Crippen molar-refractivity contribution in [3.05, 3.63) is 71.4 Å². The molecule has 24 heavy (non-hydrogen) atoms. The van der Waals surface area contributed by atoms with Crippen molar-refractivity contribution in [1.82, 2.24) is 15.8 Å². The molecule has 3 N–H and O–H groups in total. The molecule has 0 radical (unpaired) electrons. The van der Waals surface area contributed by atoms with Gasteiger partial charge < -0.3 is 4.98 Å². The highest BCUT2D eigenvalue weighted by Gasteiger charge is 2.11. The van der Waals surface area contributed by atoms with Crippen molar-refractivity contribution in [2.45, 2.75) is 6.42 Å². The molecule has 2 amide bonds. The SMILES string of the molecule is O=C(Cc1ccc(F)cc1)NNC(=O)c1cc2cc(F)ccc2[nH]1. The van der Waals surface area contributed by atoms with Crippen LogP contribution in [0.5, 0.6) is 0 Å². The number of hydrazine groups is 1. The predicted octanol–water partition coefficient (Wildman–Crippen LogP) is 2.45. The van der Waals surface area contributed by atoms with Gasteiger partial charge in [0.2, 0.25) is 5.91 Å². The molecule has 2 aromatic carbocycles. The molecule has 0 unspecified atom stereocenters. The first-order valence-corrected chi connectivity index (χ1v) is 7.13. The van der Waals surface area contributed by atoms with E-state index in [-0.39, 0.29) is 17.9 Å². The van der Waals surface area contributed by atoms with Crippen LogP contribution in [0, 0.1) is 11.6 Å². The van der Waals surface area contributed by atoms with Crippen LogP contribution in [0.1, 0.15) is 16.1 Å². The average Bonchev–Trinajstić information content (AvgIpc) is 2.98. The number of amides is 2. The second-order valence-corrected chi connectivity index (χ2v) is 5.22. The lowest BCUT2D eigenvalue weighted by molar-refractivity contribution is -0.121. The van der Waals surface area contributed by atoms with Crippen molar-refractivity contribution in [1.29, 1.82) is 0 Å². The fraction of sp³-hybridized carbons (Fsp3) is 0.0588. The number of carbonyl (C=O) groups excluding carboxylic acids is 2. The summed E-state index contributed by atoms with van der Waals surface area (Å²) in [5.41, 5.74) is 5.96. The molecular weight excluding hydrogens is 316 g/mol. The maximum Gasteiger partial charge on any atom is 0.286 e. The van der Waals surface area contributed by atoms with Crippen LogP contribution in [0.3, 0.4) is 0 Å². The van der Waals surface area contributed by atoms with Crippen LogP contribution in [-0.4, -0.2) is 16.8 Å². The van der Waals surface area contributed by atoms with Crippen LogP contribution < -0.4 is 10.9 Å². The van der Waals surface area contributed by atoms with Gasteiger partial charge in [0.15, 0.2) is 0 Å². The van der Waals surface area contributed by atoms with E-state index in [4.69, 9.17) is 0 Å². The Morgan fingerprint density at radius 3 is 2.38 bits per heavy atom. The Morgan fingerprint density at radius 2 is 1.62 bits per heavy atom. The van der Waals surface area contributed by atoms with Gasteiger partial charge in [-0.25, -0.2) is 8.78 Å².